The Bertz CT molecular complexity index is 2100. The molecule has 2 aromatic heterocycles. The van der Waals surface area contributed by atoms with Gasteiger partial charge in [0.1, 0.15) is 16.6 Å². The van der Waals surface area contributed by atoms with E-state index in [0.717, 1.165) is 84.6 Å². The van der Waals surface area contributed by atoms with Gasteiger partial charge in [0, 0.05) is 30.6 Å². The molecule has 8 atom stereocenters. The van der Waals surface area contributed by atoms with Crippen molar-refractivity contribution in [3.05, 3.63) is 119 Å². The molecule has 1 amide bonds. The van der Waals surface area contributed by atoms with Crippen molar-refractivity contribution in [2.45, 2.75) is 115 Å². The first-order chi connectivity index (χ1) is 29.3. The fourth-order valence-corrected chi connectivity index (χ4v) is 7.79. The van der Waals surface area contributed by atoms with E-state index in [4.69, 9.17) is 23.2 Å². The zero-order valence-corrected chi connectivity index (χ0v) is 54.7. The summed E-state index contributed by atoms with van der Waals surface area (Å²) in [5.74, 6) is 2.41. The van der Waals surface area contributed by atoms with Gasteiger partial charge in [0.15, 0.2) is 0 Å². The van der Waals surface area contributed by atoms with Crippen molar-refractivity contribution in [3.63, 3.8) is 0 Å². The number of amides is 1. The summed E-state index contributed by atoms with van der Waals surface area (Å²) in [6, 6.07) is 32.5. The van der Waals surface area contributed by atoms with Crippen LogP contribution in [0.5, 0.6) is 0 Å². The Kier molecular flexibility index (Phi) is 47.5. The molecule has 0 spiro atoms. The van der Waals surface area contributed by atoms with Crippen LogP contribution in [0, 0.1) is 11.8 Å². The fourth-order valence-electron chi connectivity index (χ4n) is 7.43. The summed E-state index contributed by atoms with van der Waals surface area (Å²) in [4.78, 5) is 24.9. The Morgan fingerprint density at radius 2 is 1.03 bits per heavy atom. The average Bonchev–Trinajstić information content (AvgIpc) is 3.98. The van der Waals surface area contributed by atoms with Crippen molar-refractivity contribution in [1.29, 1.82) is 0 Å². The third-order valence-electron chi connectivity index (χ3n) is 10.9. The van der Waals surface area contributed by atoms with E-state index >= 15 is 0 Å². The van der Waals surface area contributed by atoms with Crippen LogP contribution >= 0.6 is 62.8 Å². The molecular weight excluding hydrogens is 994 g/mol. The van der Waals surface area contributed by atoms with Crippen molar-refractivity contribution < 1.29 is 115 Å². The number of alkyl halides is 2. The van der Waals surface area contributed by atoms with Crippen LogP contribution in [-0.4, -0.2) is 56.3 Å². The van der Waals surface area contributed by atoms with Gasteiger partial charge in [0.25, 0.3) is 5.91 Å². The third-order valence-corrected chi connectivity index (χ3v) is 11.6. The minimum Gasteiger partial charge on any atom is -1.00 e. The van der Waals surface area contributed by atoms with Gasteiger partial charge in [-0.15, -0.1) is 28.3 Å². The Hall–Kier alpha value is 0.353. The predicted octanol–water partition coefficient (Wildman–Crippen LogP) is 6.06. The first-order valence-electron chi connectivity index (χ1n) is 21.5. The second kappa shape index (κ2) is 43.0. The number of para-hydroxylation sites is 3. The Labute approximate surface area is 507 Å². The molecule has 0 saturated heterocycles. The van der Waals surface area contributed by atoms with E-state index in [9.17, 15) is 9.59 Å². The maximum absolute atomic E-state index is 13.1. The van der Waals surface area contributed by atoms with Gasteiger partial charge in [-0.3, -0.25) is 9.59 Å². The van der Waals surface area contributed by atoms with Gasteiger partial charge >= 0.3 is 103 Å². The maximum Gasteiger partial charge on any atom is 1.00 e. The second-order valence-corrected chi connectivity index (χ2v) is 15.4. The monoisotopic (exact) mass is 1070 g/mol. The van der Waals surface area contributed by atoms with E-state index in [1.54, 1.807) is 7.05 Å². The van der Waals surface area contributed by atoms with E-state index in [2.05, 4.69) is 113 Å². The van der Waals surface area contributed by atoms with Crippen LogP contribution in [0.15, 0.2) is 97.1 Å². The van der Waals surface area contributed by atoms with Gasteiger partial charge in [0.2, 0.25) is 5.91 Å². The SMILES string of the molecule is CCCC(CCC(CC)C(=O)NC)c1ccc(CCl)cc1.CCCC(CCC(CC)C(=O)n1nnc2ccccc21)c1ccc(CCl)cc1.CN.P.P.P.P.[H-].[H-].[K+].[K+].c1ccc2n[nH]nc2c1. The molecule has 18 heteroatoms. The largest absolute Gasteiger partial charge is 1.00 e. The van der Waals surface area contributed by atoms with Crippen molar-refractivity contribution in [2.75, 3.05) is 14.1 Å². The van der Waals surface area contributed by atoms with Gasteiger partial charge in [-0.1, -0.05) is 119 Å². The maximum atomic E-state index is 13.1. The van der Waals surface area contributed by atoms with Crippen molar-refractivity contribution in [2.24, 2.45) is 17.6 Å². The van der Waals surface area contributed by atoms with Gasteiger partial charge < -0.3 is 13.9 Å². The molecule has 2 heterocycles. The summed E-state index contributed by atoms with van der Waals surface area (Å²) in [7, 11) is 3.22. The van der Waals surface area contributed by atoms with E-state index in [0.29, 0.717) is 23.6 Å². The van der Waals surface area contributed by atoms with Gasteiger partial charge in [-0.2, -0.15) is 59.7 Å². The third kappa shape index (κ3) is 24.2. The number of carbonyl (C=O) groups excluding carboxylic acids is 2. The molecule has 8 unspecified atom stereocenters. The van der Waals surface area contributed by atoms with Crippen LogP contribution in [-0.2, 0) is 16.6 Å². The van der Waals surface area contributed by atoms with Gasteiger partial charge in [-0.05, 0) is 117 Å². The van der Waals surface area contributed by atoms with Crippen molar-refractivity contribution in [3.8, 4) is 0 Å². The van der Waals surface area contributed by atoms with Crippen LogP contribution in [0.1, 0.15) is 134 Å². The van der Waals surface area contributed by atoms with Gasteiger partial charge in [0.05, 0.1) is 5.52 Å². The molecule has 66 heavy (non-hydrogen) atoms. The summed E-state index contributed by atoms with van der Waals surface area (Å²) in [5, 5.41) is 21.3. The van der Waals surface area contributed by atoms with E-state index in [-0.39, 0.29) is 169 Å². The topological polar surface area (TPSA) is 144 Å². The first kappa shape index (κ1) is 72.9. The van der Waals surface area contributed by atoms with E-state index in [1.165, 1.54) is 35.7 Å². The van der Waals surface area contributed by atoms with Crippen LogP contribution < -0.4 is 114 Å². The standard InChI is InChI=1S/C23H28ClN3O.C18H28ClNO.C6H5N3.CH5N.2K.4H3P.2H/c1-3-7-19(20-12-10-17(16-24)11-13-20)15-14-18(4-2)23(28)27-22-9-6-5-8-21(22)25-26-27;1-4-6-16(12-11-15(5-2)18(21)20-3)17-9-7-14(13-19)8-10-17;1-2-4-6-5(3-1)7-9-8-6;1-2;;;;;;;;/h5-6,8-13,18-19H,3-4,7,14-16H2,1-2H3;7-10,15-16H,4-6,11-13H2,1-3H3,(H,20,21);1-4H,(H,7,8,9);2H2,1H3;;;4*1H3;;/q;;;;2*+1;;;;;2*-1. The number of aromatic nitrogens is 6. The summed E-state index contributed by atoms with van der Waals surface area (Å²) in [6.45, 7) is 8.59. The number of hydrogen-bond acceptors (Lipinski definition) is 7. The molecule has 4 N–H and O–H groups in total. The first-order valence-corrected chi connectivity index (χ1v) is 22.6. The molecule has 0 aliphatic carbocycles. The van der Waals surface area contributed by atoms with Crippen LogP contribution in [0.3, 0.4) is 0 Å². The fraction of sp³-hybridized carbons (Fsp3) is 0.458. The molecule has 6 rings (SSSR count). The average molecular weight is 1070 g/mol. The molecule has 360 valence electrons. The van der Waals surface area contributed by atoms with Crippen molar-refractivity contribution >= 4 is 96.7 Å². The molecule has 0 bridgehead atoms. The Balaban J connectivity index is -0.000000214. The zero-order chi connectivity index (χ0) is 43.7. The second-order valence-electron chi connectivity index (χ2n) is 14.8. The molecule has 6 aromatic rings. The van der Waals surface area contributed by atoms with Crippen LogP contribution in [0.4, 0.5) is 0 Å². The smallest absolute Gasteiger partial charge is 1.00 e. The molecule has 0 aliphatic rings. The number of fused-ring (bicyclic) bond motifs is 2. The minimum atomic E-state index is -0.0495. The number of benzene rings is 4. The van der Waals surface area contributed by atoms with Crippen LogP contribution in [0.2, 0.25) is 0 Å². The normalized spacial score (nSPS) is 11.6. The summed E-state index contributed by atoms with van der Waals surface area (Å²) >= 11 is 11.8. The molecular formula is C48H80Cl2K2N8O2P4. The number of H-pyrrole nitrogens is 1. The quantitative estimate of drug-likeness (QED) is 0.0540. The van der Waals surface area contributed by atoms with E-state index < -0.39 is 0 Å². The molecule has 10 nitrogen and oxygen atoms in total. The minimum absolute atomic E-state index is 0. The number of nitrogens with one attached hydrogen (secondary N) is 2. The number of halogens is 2. The summed E-state index contributed by atoms with van der Waals surface area (Å²) in [5.41, 5.74) is 12.9. The number of hydrogen-bond donors (Lipinski definition) is 3. The summed E-state index contributed by atoms with van der Waals surface area (Å²) in [6.07, 6.45) is 10.2. The summed E-state index contributed by atoms with van der Waals surface area (Å²) < 4.78 is 1.48. The predicted molar refractivity (Wildman–Crippen MR) is 296 cm³/mol. The molecule has 0 fully saturated rings. The van der Waals surface area contributed by atoms with Crippen molar-refractivity contribution in [1.82, 2.24) is 35.7 Å². The van der Waals surface area contributed by atoms with Crippen LogP contribution in [0.25, 0.3) is 22.1 Å². The number of carbonyl (C=O) groups is 2. The number of nitrogens with two attached hydrogens (primary N) is 1. The van der Waals surface area contributed by atoms with Gasteiger partial charge in [-0.25, -0.2) is 0 Å². The number of nitrogens with zero attached hydrogens (tertiary/aromatic N) is 5. The van der Waals surface area contributed by atoms with E-state index in [1.807, 2.05) is 48.5 Å². The Morgan fingerprint density at radius 1 is 0.621 bits per heavy atom. The number of rotatable bonds is 18. The molecule has 0 aliphatic heterocycles. The molecule has 0 saturated carbocycles. The molecule has 0 radical (unpaired) electrons. The number of aromatic amines is 1. The Morgan fingerprint density at radius 3 is 1.42 bits per heavy atom. The zero-order valence-electron chi connectivity index (χ0n) is 43.2. The molecule has 4 aromatic carbocycles.